The minimum Gasteiger partial charge on any atom is -0.548 e. The van der Waals surface area contributed by atoms with Gasteiger partial charge in [-0.2, -0.15) is 0 Å². The summed E-state index contributed by atoms with van der Waals surface area (Å²) in [4.78, 5) is 21.6. The van der Waals surface area contributed by atoms with Crippen LogP contribution in [0.25, 0.3) is 11.1 Å². The van der Waals surface area contributed by atoms with Crippen molar-refractivity contribution in [2.75, 3.05) is 0 Å². The lowest BCUT2D eigenvalue weighted by molar-refractivity contribution is -0.306. The molecule has 0 amide bonds. The van der Waals surface area contributed by atoms with Gasteiger partial charge in [0, 0.05) is 11.1 Å². The maximum Gasteiger partial charge on any atom is 0.420 e. The number of carbonyl (C=O) groups excluding carboxylic acids is 1. The van der Waals surface area contributed by atoms with E-state index in [0.29, 0.717) is 10.5 Å². The normalized spacial score (nSPS) is 10.7. The van der Waals surface area contributed by atoms with Gasteiger partial charge in [-0.15, -0.1) is 0 Å². The number of rotatable bonds is 2. The molecule has 0 aliphatic carbocycles. The van der Waals surface area contributed by atoms with Gasteiger partial charge in [0.1, 0.15) is 0 Å². The van der Waals surface area contributed by atoms with Gasteiger partial charge in [-0.05, 0) is 12.1 Å². The van der Waals surface area contributed by atoms with Crippen molar-refractivity contribution in [2.45, 2.75) is 6.54 Å². The Morgan fingerprint density at radius 2 is 2.27 bits per heavy atom. The molecule has 0 spiro atoms. The summed E-state index contributed by atoms with van der Waals surface area (Å²) in [6.45, 7) is -0.534. The molecule has 0 unspecified atom stereocenters. The topological polar surface area (TPSA) is 75.3 Å². The average Bonchev–Trinajstić information content (AvgIpc) is 2.41. The summed E-state index contributed by atoms with van der Waals surface area (Å²) < 4.78 is 5.79. The number of oxazole rings is 1. The molecule has 0 saturated heterocycles. The Balaban J connectivity index is 2.68. The largest absolute Gasteiger partial charge is 0.548 e. The Morgan fingerprint density at radius 3 is 2.93 bits per heavy atom. The maximum absolute atomic E-state index is 11.2. The van der Waals surface area contributed by atoms with Gasteiger partial charge in [0.2, 0.25) is 0 Å². The zero-order chi connectivity index (χ0) is 11.0. The fourth-order valence-corrected chi connectivity index (χ4v) is 1.48. The van der Waals surface area contributed by atoms with Crippen molar-refractivity contribution in [3.63, 3.8) is 0 Å². The molecule has 1 aromatic carbocycles. The van der Waals surface area contributed by atoms with Gasteiger partial charge >= 0.3 is 5.76 Å². The molecule has 5 nitrogen and oxygen atoms in total. The van der Waals surface area contributed by atoms with E-state index in [1.165, 1.54) is 12.1 Å². The maximum atomic E-state index is 11.2. The Labute approximate surface area is 88.5 Å². The van der Waals surface area contributed by atoms with Crippen molar-refractivity contribution in [2.24, 2.45) is 0 Å². The molecule has 6 heteroatoms. The monoisotopic (exact) mass is 226 g/mol. The Morgan fingerprint density at radius 1 is 1.53 bits per heavy atom. The lowest BCUT2D eigenvalue weighted by atomic mass is 10.3. The molecule has 15 heavy (non-hydrogen) atoms. The highest BCUT2D eigenvalue weighted by atomic mass is 35.5. The van der Waals surface area contributed by atoms with E-state index in [9.17, 15) is 14.7 Å². The molecule has 0 N–H and O–H groups in total. The first-order valence-corrected chi connectivity index (χ1v) is 4.44. The Kier molecular flexibility index (Phi) is 2.24. The highest BCUT2D eigenvalue weighted by Gasteiger charge is 2.08. The van der Waals surface area contributed by atoms with Crippen LogP contribution in [-0.2, 0) is 11.3 Å². The van der Waals surface area contributed by atoms with Crippen molar-refractivity contribution >= 4 is 28.7 Å². The molecule has 0 bridgehead atoms. The fourth-order valence-electron chi connectivity index (χ4n) is 1.32. The lowest BCUT2D eigenvalue weighted by Gasteiger charge is -2.01. The Bertz CT molecular complexity index is 583. The summed E-state index contributed by atoms with van der Waals surface area (Å²) in [6.07, 6.45) is 0. The summed E-state index contributed by atoms with van der Waals surface area (Å²) in [5.74, 6) is -2.09. The number of nitrogens with zero attached hydrogens (tertiary/aromatic N) is 1. The van der Waals surface area contributed by atoms with Crippen LogP contribution in [0.2, 0.25) is 5.02 Å². The molecule has 0 atom stereocenters. The number of carboxylic acids is 1. The number of fused-ring (bicyclic) bond motifs is 1. The molecule has 78 valence electrons. The van der Waals surface area contributed by atoms with Crippen LogP contribution in [-0.4, -0.2) is 10.5 Å². The molecule has 0 fully saturated rings. The number of hydrogen-bond donors (Lipinski definition) is 0. The van der Waals surface area contributed by atoms with Gasteiger partial charge in [-0.1, -0.05) is 11.6 Å². The molecule has 1 heterocycles. The van der Waals surface area contributed by atoms with Crippen LogP contribution in [0.5, 0.6) is 0 Å². The molecule has 1 aromatic heterocycles. The van der Waals surface area contributed by atoms with Gasteiger partial charge in [0.05, 0.1) is 18.0 Å². The number of aromatic nitrogens is 1. The summed E-state index contributed by atoms with van der Waals surface area (Å²) in [6, 6.07) is 4.51. The van der Waals surface area contributed by atoms with Crippen LogP contribution in [0.1, 0.15) is 0 Å². The second-order valence-corrected chi connectivity index (χ2v) is 3.37. The van der Waals surface area contributed by atoms with Gasteiger partial charge < -0.3 is 14.3 Å². The molecule has 0 aliphatic heterocycles. The van der Waals surface area contributed by atoms with Gasteiger partial charge in [-0.25, -0.2) is 4.79 Å². The van der Waals surface area contributed by atoms with Crippen molar-refractivity contribution < 1.29 is 14.3 Å². The zero-order valence-electron chi connectivity index (χ0n) is 7.40. The van der Waals surface area contributed by atoms with Crippen LogP contribution in [0, 0.1) is 0 Å². The third-order valence-electron chi connectivity index (χ3n) is 1.92. The van der Waals surface area contributed by atoms with Crippen LogP contribution in [0.15, 0.2) is 27.4 Å². The summed E-state index contributed by atoms with van der Waals surface area (Å²) in [5.41, 5.74) is 0.641. The first kappa shape index (κ1) is 9.79. The third-order valence-corrected chi connectivity index (χ3v) is 2.15. The van der Waals surface area contributed by atoms with E-state index >= 15 is 0 Å². The predicted octanol–water partition coefficient (Wildman–Crippen LogP) is -0.00220. The first-order valence-electron chi connectivity index (χ1n) is 4.06. The molecule has 0 aliphatic rings. The van der Waals surface area contributed by atoms with Crippen molar-refractivity contribution in [3.05, 3.63) is 33.8 Å². The molecule has 2 rings (SSSR count). The number of halogens is 1. The smallest absolute Gasteiger partial charge is 0.420 e. The number of carboxylic acid groups (broad SMARTS) is 1. The van der Waals surface area contributed by atoms with Gasteiger partial charge in [0.25, 0.3) is 0 Å². The second kappa shape index (κ2) is 3.43. The molecular weight excluding hydrogens is 222 g/mol. The summed E-state index contributed by atoms with van der Waals surface area (Å²) in [7, 11) is 0. The summed E-state index contributed by atoms with van der Waals surface area (Å²) in [5, 5.41) is 10.8. The van der Waals surface area contributed by atoms with E-state index in [4.69, 9.17) is 16.0 Å². The minimum atomic E-state index is -1.35. The van der Waals surface area contributed by atoms with Crippen molar-refractivity contribution in [1.29, 1.82) is 0 Å². The Hall–Kier alpha value is -1.75. The lowest BCUT2D eigenvalue weighted by Crippen LogP contribution is -2.31. The van der Waals surface area contributed by atoms with E-state index < -0.39 is 18.3 Å². The average molecular weight is 227 g/mol. The quantitative estimate of drug-likeness (QED) is 0.722. The van der Waals surface area contributed by atoms with E-state index in [2.05, 4.69) is 0 Å². The number of hydrogen-bond acceptors (Lipinski definition) is 4. The molecule has 2 aromatic rings. The van der Waals surface area contributed by atoms with Gasteiger partial charge in [-0.3, -0.25) is 4.57 Å². The summed E-state index contributed by atoms with van der Waals surface area (Å²) >= 11 is 5.69. The predicted molar refractivity (Wildman–Crippen MR) is 50.5 cm³/mol. The van der Waals surface area contributed by atoms with E-state index in [1.54, 1.807) is 6.07 Å². The van der Waals surface area contributed by atoms with Crippen LogP contribution < -0.4 is 10.9 Å². The third kappa shape index (κ3) is 1.73. The zero-order valence-corrected chi connectivity index (χ0v) is 8.15. The van der Waals surface area contributed by atoms with Crippen LogP contribution in [0.3, 0.4) is 0 Å². The number of benzene rings is 1. The standard InChI is InChI=1S/C9H6ClNO4/c10-5-1-2-6-7(3-5)15-9(14)11(6)4-8(12)13/h1-3H,4H2,(H,12,13)/p-1. The SMILES string of the molecule is O=C([O-])Cn1c(=O)oc2cc(Cl)ccc21. The highest BCUT2D eigenvalue weighted by molar-refractivity contribution is 6.31. The number of aliphatic carboxylic acids is 1. The molecule has 0 radical (unpaired) electrons. The second-order valence-electron chi connectivity index (χ2n) is 2.94. The number of carbonyl (C=O) groups is 1. The van der Waals surface area contributed by atoms with Crippen LogP contribution >= 0.6 is 11.6 Å². The van der Waals surface area contributed by atoms with Gasteiger partial charge in [0.15, 0.2) is 5.58 Å². The van der Waals surface area contributed by atoms with Crippen molar-refractivity contribution in [1.82, 2.24) is 4.57 Å². The molecule has 0 saturated carbocycles. The highest BCUT2D eigenvalue weighted by Crippen LogP contribution is 2.17. The minimum absolute atomic E-state index is 0.258. The fraction of sp³-hybridized carbons (Fsp3) is 0.111. The van der Waals surface area contributed by atoms with E-state index in [0.717, 1.165) is 4.57 Å². The van der Waals surface area contributed by atoms with Crippen LogP contribution in [0.4, 0.5) is 0 Å². The molecular formula is C9H5ClNO4-. The van der Waals surface area contributed by atoms with E-state index in [-0.39, 0.29) is 5.58 Å². The first-order chi connectivity index (χ1) is 7.08. The van der Waals surface area contributed by atoms with E-state index in [1.807, 2.05) is 0 Å². The van der Waals surface area contributed by atoms with Crippen molar-refractivity contribution in [3.8, 4) is 0 Å².